The molecule has 0 bridgehead atoms. The zero-order valence-electron chi connectivity index (χ0n) is 10.5. The van der Waals surface area contributed by atoms with Crippen molar-refractivity contribution < 1.29 is 9.53 Å². The van der Waals surface area contributed by atoms with Crippen LogP contribution in [0.5, 0.6) is 0 Å². The Morgan fingerprint density at radius 1 is 1.61 bits per heavy atom. The highest BCUT2D eigenvalue weighted by atomic mass is 35.5. The number of hydrogen-bond acceptors (Lipinski definition) is 4. The Kier molecular flexibility index (Phi) is 4.14. The van der Waals surface area contributed by atoms with E-state index in [1.807, 2.05) is 6.92 Å². The average molecular weight is 270 g/mol. The standard InChI is InChI=1S/C12H16ClN3O2/c1-8-14-10(5-11(13)15-8)9-3-4-16(6-9)12(17)7-18-2/h5,9H,3-4,6-7H2,1-2H3. The first kappa shape index (κ1) is 13.2. The van der Waals surface area contributed by atoms with E-state index in [0.717, 1.165) is 18.7 Å². The first-order chi connectivity index (χ1) is 8.60. The molecule has 18 heavy (non-hydrogen) atoms. The van der Waals surface area contributed by atoms with Crippen molar-refractivity contribution in [3.63, 3.8) is 0 Å². The number of likely N-dealkylation sites (tertiary alicyclic amines) is 1. The Hall–Kier alpha value is -1.20. The molecular weight excluding hydrogens is 254 g/mol. The Balaban J connectivity index is 2.06. The minimum Gasteiger partial charge on any atom is -0.375 e. The molecule has 98 valence electrons. The van der Waals surface area contributed by atoms with Crippen LogP contribution in [-0.4, -0.2) is 47.6 Å². The molecule has 1 unspecified atom stereocenters. The van der Waals surface area contributed by atoms with E-state index < -0.39 is 0 Å². The van der Waals surface area contributed by atoms with Crippen LogP contribution in [0.1, 0.15) is 23.9 Å². The molecule has 2 rings (SSSR count). The maximum atomic E-state index is 11.7. The summed E-state index contributed by atoms with van der Waals surface area (Å²) in [7, 11) is 1.53. The van der Waals surface area contributed by atoms with Crippen molar-refractivity contribution in [2.45, 2.75) is 19.3 Å². The molecule has 2 heterocycles. The van der Waals surface area contributed by atoms with Gasteiger partial charge in [0.05, 0.1) is 5.69 Å². The van der Waals surface area contributed by atoms with Crippen LogP contribution in [0.15, 0.2) is 6.07 Å². The average Bonchev–Trinajstić information content (AvgIpc) is 2.77. The minimum atomic E-state index is 0.0249. The topological polar surface area (TPSA) is 55.3 Å². The smallest absolute Gasteiger partial charge is 0.248 e. The molecule has 1 aliphatic rings. The summed E-state index contributed by atoms with van der Waals surface area (Å²) in [6.45, 7) is 3.37. The van der Waals surface area contributed by atoms with Crippen LogP contribution < -0.4 is 0 Å². The first-order valence-corrected chi connectivity index (χ1v) is 6.25. The van der Waals surface area contributed by atoms with Crippen LogP contribution in [0.3, 0.4) is 0 Å². The molecule has 0 aromatic carbocycles. The highest BCUT2D eigenvalue weighted by Crippen LogP contribution is 2.27. The molecule has 0 saturated carbocycles. The van der Waals surface area contributed by atoms with Gasteiger partial charge >= 0.3 is 0 Å². The van der Waals surface area contributed by atoms with Crippen LogP contribution in [0, 0.1) is 6.92 Å². The number of hydrogen-bond donors (Lipinski definition) is 0. The zero-order chi connectivity index (χ0) is 13.1. The molecule has 1 atom stereocenters. The number of carbonyl (C=O) groups is 1. The summed E-state index contributed by atoms with van der Waals surface area (Å²) < 4.78 is 4.86. The second-order valence-electron chi connectivity index (χ2n) is 4.42. The Morgan fingerprint density at radius 3 is 3.06 bits per heavy atom. The fourth-order valence-electron chi connectivity index (χ4n) is 2.21. The monoisotopic (exact) mass is 269 g/mol. The molecule has 1 aromatic rings. The van der Waals surface area contributed by atoms with Crippen molar-refractivity contribution in [1.82, 2.24) is 14.9 Å². The fraction of sp³-hybridized carbons (Fsp3) is 0.583. The van der Waals surface area contributed by atoms with E-state index in [4.69, 9.17) is 16.3 Å². The number of amides is 1. The highest BCUT2D eigenvalue weighted by molar-refractivity contribution is 6.29. The molecule has 0 radical (unpaired) electrons. The van der Waals surface area contributed by atoms with Crippen molar-refractivity contribution in [1.29, 1.82) is 0 Å². The molecule has 1 saturated heterocycles. The van der Waals surface area contributed by atoms with Gasteiger partial charge in [0.1, 0.15) is 17.6 Å². The lowest BCUT2D eigenvalue weighted by molar-refractivity contribution is -0.134. The van der Waals surface area contributed by atoms with E-state index in [2.05, 4.69) is 9.97 Å². The summed E-state index contributed by atoms with van der Waals surface area (Å²) in [6.07, 6.45) is 0.905. The third kappa shape index (κ3) is 2.97. The molecule has 1 fully saturated rings. The van der Waals surface area contributed by atoms with Crippen molar-refractivity contribution >= 4 is 17.5 Å². The number of aryl methyl sites for hydroxylation is 1. The van der Waals surface area contributed by atoms with Gasteiger partial charge in [-0.2, -0.15) is 0 Å². The second-order valence-corrected chi connectivity index (χ2v) is 4.81. The van der Waals surface area contributed by atoms with E-state index in [9.17, 15) is 4.79 Å². The summed E-state index contributed by atoms with van der Waals surface area (Å²) in [5.41, 5.74) is 0.917. The summed E-state index contributed by atoms with van der Waals surface area (Å²) in [5.74, 6) is 0.932. The Morgan fingerprint density at radius 2 is 2.39 bits per heavy atom. The van der Waals surface area contributed by atoms with Gasteiger partial charge < -0.3 is 9.64 Å². The SMILES string of the molecule is COCC(=O)N1CCC(c2cc(Cl)nc(C)n2)C1. The van der Waals surface area contributed by atoms with E-state index in [1.165, 1.54) is 7.11 Å². The maximum absolute atomic E-state index is 11.7. The maximum Gasteiger partial charge on any atom is 0.248 e. The summed E-state index contributed by atoms with van der Waals surface area (Å²) in [4.78, 5) is 21.9. The van der Waals surface area contributed by atoms with Crippen molar-refractivity contribution in [2.75, 3.05) is 26.8 Å². The largest absolute Gasteiger partial charge is 0.375 e. The quantitative estimate of drug-likeness (QED) is 0.779. The molecular formula is C12H16ClN3O2. The predicted molar refractivity (Wildman–Crippen MR) is 67.6 cm³/mol. The van der Waals surface area contributed by atoms with E-state index in [0.29, 0.717) is 17.5 Å². The lowest BCUT2D eigenvalue weighted by Gasteiger charge is -2.15. The van der Waals surface area contributed by atoms with Gasteiger partial charge in [-0.25, -0.2) is 9.97 Å². The summed E-state index contributed by atoms with van der Waals surface area (Å²) >= 11 is 5.93. The minimum absolute atomic E-state index is 0.0249. The molecule has 1 aliphatic heterocycles. The van der Waals surface area contributed by atoms with Gasteiger partial charge in [-0.3, -0.25) is 4.79 Å². The van der Waals surface area contributed by atoms with E-state index >= 15 is 0 Å². The second kappa shape index (κ2) is 5.63. The molecule has 0 aliphatic carbocycles. The van der Waals surface area contributed by atoms with Crippen molar-refractivity contribution in [2.24, 2.45) is 0 Å². The third-order valence-corrected chi connectivity index (χ3v) is 3.25. The van der Waals surface area contributed by atoms with Gasteiger partial charge in [-0.15, -0.1) is 0 Å². The molecule has 5 nitrogen and oxygen atoms in total. The number of carbonyl (C=O) groups excluding carboxylic acids is 1. The van der Waals surface area contributed by atoms with Crippen LogP contribution in [-0.2, 0) is 9.53 Å². The Labute approximate surface area is 111 Å². The van der Waals surface area contributed by atoms with E-state index in [1.54, 1.807) is 11.0 Å². The highest BCUT2D eigenvalue weighted by Gasteiger charge is 2.28. The van der Waals surface area contributed by atoms with Crippen LogP contribution in [0.2, 0.25) is 5.15 Å². The fourth-order valence-corrected chi connectivity index (χ4v) is 2.44. The van der Waals surface area contributed by atoms with Gasteiger partial charge in [0.2, 0.25) is 5.91 Å². The number of aromatic nitrogens is 2. The molecule has 1 amide bonds. The number of nitrogens with zero attached hydrogens (tertiary/aromatic N) is 3. The van der Waals surface area contributed by atoms with E-state index in [-0.39, 0.29) is 18.4 Å². The predicted octanol–water partition coefficient (Wildman–Crippen LogP) is 1.40. The van der Waals surface area contributed by atoms with Crippen LogP contribution in [0.25, 0.3) is 0 Å². The zero-order valence-corrected chi connectivity index (χ0v) is 11.3. The first-order valence-electron chi connectivity index (χ1n) is 5.88. The normalized spacial score (nSPS) is 19.3. The van der Waals surface area contributed by atoms with Gasteiger partial charge in [0, 0.05) is 26.1 Å². The van der Waals surface area contributed by atoms with Crippen molar-refractivity contribution in [3.05, 3.63) is 22.7 Å². The number of halogens is 1. The third-order valence-electron chi connectivity index (χ3n) is 3.05. The van der Waals surface area contributed by atoms with Gasteiger partial charge in [-0.1, -0.05) is 11.6 Å². The van der Waals surface area contributed by atoms with Crippen LogP contribution in [0.4, 0.5) is 0 Å². The molecule has 1 aromatic heterocycles. The van der Waals surface area contributed by atoms with Gasteiger partial charge in [-0.05, 0) is 19.4 Å². The molecule has 0 spiro atoms. The van der Waals surface area contributed by atoms with Crippen LogP contribution >= 0.6 is 11.6 Å². The number of ether oxygens (including phenoxy) is 1. The van der Waals surface area contributed by atoms with Gasteiger partial charge in [0.25, 0.3) is 0 Å². The van der Waals surface area contributed by atoms with Gasteiger partial charge in [0.15, 0.2) is 0 Å². The number of methoxy groups -OCH3 is 1. The Bertz CT molecular complexity index is 433. The molecule has 6 heteroatoms. The summed E-state index contributed by atoms with van der Waals surface area (Å²) in [6, 6.07) is 1.78. The van der Waals surface area contributed by atoms with Crippen molar-refractivity contribution in [3.8, 4) is 0 Å². The lowest BCUT2D eigenvalue weighted by Crippen LogP contribution is -2.31. The summed E-state index contributed by atoms with van der Waals surface area (Å²) in [5, 5.41) is 0.458. The number of rotatable bonds is 3. The lowest BCUT2D eigenvalue weighted by atomic mass is 10.1. The molecule has 0 N–H and O–H groups in total.